The van der Waals surface area contributed by atoms with Gasteiger partial charge in [0.1, 0.15) is 5.82 Å². The van der Waals surface area contributed by atoms with Gasteiger partial charge in [0, 0.05) is 23.4 Å². The second-order valence-corrected chi connectivity index (χ2v) is 5.99. The normalized spacial score (nSPS) is 11.6. The molecule has 0 saturated heterocycles. The largest absolute Gasteiger partial charge is 0.418 e. The monoisotopic (exact) mass is 378 g/mol. The number of H-pyrrole nitrogens is 1. The Morgan fingerprint density at radius 2 is 1.74 bits per heavy atom. The van der Waals surface area contributed by atoms with Gasteiger partial charge in [0.05, 0.1) is 17.5 Å². The summed E-state index contributed by atoms with van der Waals surface area (Å²) in [5.41, 5.74) is 6.64. The molecule has 0 unspecified atom stereocenters. The molecule has 3 rings (SSSR count). The van der Waals surface area contributed by atoms with Crippen LogP contribution in [0.5, 0.6) is 0 Å². The van der Waals surface area contributed by atoms with Crippen LogP contribution in [0.25, 0.3) is 22.4 Å². The SMILES string of the molecule is NCCCNc1ccc(-c2cn[nH]c2-c2ccc(F)cc2)cc1C(F)(F)F. The van der Waals surface area contributed by atoms with Crippen LogP contribution in [0.2, 0.25) is 0 Å². The highest BCUT2D eigenvalue weighted by Gasteiger charge is 2.34. The number of aromatic amines is 1. The third kappa shape index (κ3) is 4.28. The highest BCUT2D eigenvalue weighted by molar-refractivity contribution is 5.81. The first-order chi connectivity index (χ1) is 12.9. The van der Waals surface area contributed by atoms with E-state index >= 15 is 0 Å². The molecule has 0 fully saturated rings. The van der Waals surface area contributed by atoms with Gasteiger partial charge in [-0.2, -0.15) is 18.3 Å². The number of hydrogen-bond acceptors (Lipinski definition) is 3. The molecule has 27 heavy (non-hydrogen) atoms. The van der Waals surface area contributed by atoms with Crippen molar-refractivity contribution in [2.75, 3.05) is 18.4 Å². The molecule has 3 aromatic rings. The summed E-state index contributed by atoms with van der Waals surface area (Å²) >= 11 is 0. The predicted octanol–water partition coefficient (Wildman–Crippen LogP) is 4.66. The Balaban J connectivity index is 2.01. The first-order valence-corrected chi connectivity index (χ1v) is 8.35. The summed E-state index contributed by atoms with van der Waals surface area (Å²) < 4.78 is 53.7. The number of aromatic nitrogens is 2. The van der Waals surface area contributed by atoms with E-state index in [1.54, 1.807) is 18.2 Å². The molecule has 8 heteroatoms. The van der Waals surface area contributed by atoms with E-state index in [4.69, 9.17) is 5.73 Å². The lowest BCUT2D eigenvalue weighted by atomic mass is 9.99. The van der Waals surface area contributed by atoms with Crippen molar-refractivity contribution in [2.45, 2.75) is 12.6 Å². The number of nitrogens with two attached hydrogens (primary N) is 1. The minimum absolute atomic E-state index is 0.00604. The van der Waals surface area contributed by atoms with Crippen LogP contribution in [0.4, 0.5) is 23.2 Å². The van der Waals surface area contributed by atoms with Crippen molar-refractivity contribution in [1.82, 2.24) is 10.2 Å². The van der Waals surface area contributed by atoms with Crippen LogP contribution in [0, 0.1) is 5.82 Å². The van der Waals surface area contributed by atoms with Crippen LogP contribution in [0.15, 0.2) is 48.7 Å². The number of benzene rings is 2. The fourth-order valence-electron chi connectivity index (χ4n) is 2.77. The summed E-state index contributed by atoms with van der Waals surface area (Å²) in [6.07, 6.45) is -2.49. The average molecular weight is 378 g/mol. The van der Waals surface area contributed by atoms with Crippen molar-refractivity contribution in [3.8, 4) is 22.4 Å². The molecule has 0 amide bonds. The van der Waals surface area contributed by atoms with E-state index in [1.165, 1.54) is 24.4 Å². The van der Waals surface area contributed by atoms with Gasteiger partial charge in [-0.05, 0) is 54.9 Å². The topological polar surface area (TPSA) is 66.7 Å². The van der Waals surface area contributed by atoms with E-state index in [0.717, 1.165) is 6.07 Å². The number of alkyl halides is 3. The quantitative estimate of drug-likeness (QED) is 0.432. The van der Waals surface area contributed by atoms with Crippen LogP contribution < -0.4 is 11.1 Å². The van der Waals surface area contributed by atoms with Crippen molar-refractivity contribution in [3.63, 3.8) is 0 Å². The Hall–Kier alpha value is -2.87. The van der Waals surface area contributed by atoms with E-state index in [-0.39, 0.29) is 5.69 Å². The Bertz CT molecular complexity index is 901. The maximum absolute atomic E-state index is 13.5. The van der Waals surface area contributed by atoms with Crippen LogP contribution in [0.3, 0.4) is 0 Å². The van der Waals surface area contributed by atoms with Gasteiger partial charge in [0.25, 0.3) is 0 Å². The Morgan fingerprint density at radius 3 is 2.41 bits per heavy atom. The van der Waals surface area contributed by atoms with Crippen molar-refractivity contribution < 1.29 is 17.6 Å². The Labute approximate surface area is 153 Å². The lowest BCUT2D eigenvalue weighted by Crippen LogP contribution is -2.13. The number of hydrogen-bond donors (Lipinski definition) is 3. The number of rotatable bonds is 6. The lowest BCUT2D eigenvalue weighted by molar-refractivity contribution is -0.136. The summed E-state index contributed by atoms with van der Waals surface area (Å²) in [5, 5.41) is 9.49. The zero-order valence-electron chi connectivity index (χ0n) is 14.3. The molecule has 2 aromatic carbocycles. The third-order valence-corrected chi connectivity index (χ3v) is 4.10. The summed E-state index contributed by atoms with van der Waals surface area (Å²) in [4.78, 5) is 0. The van der Waals surface area contributed by atoms with Gasteiger partial charge >= 0.3 is 6.18 Å². The lowest BCUT2D eigenvalue weighted by Gasteiger charge is -2.16. The number of halogens is 4. The molecule has 0 aliphatic carbocycles. The van der Waals surface area contributed by atoms with Gasteiger partial charge in [-0.1, -0.05) is 6.07 Å². The molecule has 4 N–H and O–H groups in total. The molecule has 4 nitrogen and oxygen atoms in total. The van der Waals surface area contributed by atoms with E-state index in [9.17, 15) is 17.6 Å². The molecule has 0 radical (unpaired) electrons. The van der Waals surface area contributed by atoms with E-state index in [2.05, 4.69) is 15.5 Å². The summed E-state index contributed by atoms with van der Waals surface area (Å²) in [6.45, 7) is 0.744. The first kappa shape index (κ1) is 18.9. The van der Waals surface area contributed by atoms with E-state index < -0.39 is 17.6 Å². The van der Waals surface area contributed by atoms with Crippen LogP contribution in [-0.2, 0) is 6.18 Å². The molecular weight excluding hydrogens is 360 g/mol. The van der Waals surface area contributed by atoms with Crippen molar-refractivity contribution in [3.05, 3.63) is 60.0 Å². The van der Waals surface area contributed by atoms with E-state index in [1.807, 2.05) is 0 Å². The molecule has 0 aliphatic heterocycles. The van der Waals surface area contributed by atoms with Crippen LogP contribution in [0.1, 0.15) is 12.0 Å². The number of nitrogens with one attached hydrogen (secondary N) is 2. The molecule has 0 atom stereocenters. The third-order valence-electron chi connectivity index (χ3n) is 4.10. The van der Waals surface area contributed by atoms with Crippen molar-refractivity contribution >= 4 is 5.69 Å². The molecule has 0 spiro atoms. The zero-order chi connectivity index (χ0) is 19.4. The van der Waals surface area contributed by atoms with Crippen molar-refractivity contribution in [2.24, 2.45) is 5.73 Å². The van der Waals surface area contributed by atoms with Gasteiger partial charge in [-0.25, -0.2) is 4.39 Å². The number of nitrogens with zero attached hydrogens (tertiary/aromatic N) is 1. The van der Waals surface area contributed by atoms with Gasteiger partial charge < -0.3 is 11.1 Å². The Morgan fingerprint density at radius 1 is 1.04 bits per heavy atom. The minimum atomic E-state index is -4.51. The highest BCUT2D eigenvalue weighted by Crippen LogP contribution is 2.39. The standard InChI is InChI=1S/C19H18F4N4/c20-14-5-2-12(3-6-14)18-15(11-26-27-18)13-4-7-17(25-9-1-8-24)16(10-13)19(21,22)23/h2-7,10-11,25H,1,8-9,24H2,(H,26,27). The van der Waals surface area contributed by atoms with Crippen LogP contribution in [-0.4, -0.2) is 23.3 Å². The second kappa shape index (κ2) is 7.79. The van der Waals surface area contributed by atoms with Crippen LogP contribution >= 0.6 is 0 Å². The second-order valence-electron chi connectivity index (χ2n) is 5.99. The Kier molecular flexibility index (Phi) is 5.46. The first-order valence-electron chi connectivity index (χ1n) is 8.35. The molecule has 1 heterocycles. The fourth-order valence-corrected chi connectivity index (χ4v) is 2.77. The maximum Gasteiger partial charge on any atom is 0.418 e. The predicted molar refractivity (Wildman–Crippen MR) is 96.6 cm³/mol. The fraction of sp³-hybridized carbons (Fsp3) is 0.211. The average Bonchev–Trinajstić information content (AvgIpc) is 3.11. The van der Waals surface area contributed by atoms with Crippen molar-refractivity contribution in [1.29, 1.82) is 0 Å². The molecule has 0 aliphatic rings. The molecule has 0 saturated carbocycles. The summed E-state index contributed by atoms with van der Waals surface area (Å²) in [5.74, 6) is -0.396. The minimum Gasteiger partial charge on any atom is -0.385 e. The molecular formula is C19H18F4N4. The van der Waals surface area contributed by atoms with E-state index in [0.29, 0.717) is 41.9 Å². The molecule has 0 bridgehead atoms. The van der Waals surface area contributed by atoms with Gasteiger partial charge in [0.15, 0.2) is 0 Å². The highest BCUT2D eigenvalue weighted by atomic mass is 19.4. The summed E-state index contributed by atoms with van der Waals surface area (Å²) in [7, 11) is 0. The molecule has 1 aromatic heterocycles. The maximum atomic E-state index is 13.5. The zero-order valence-corrected chi connectivity index (χ0v) is 14.3. The van der Waals surface area contributed by atoms with Gasteiger partial charge in [0.2, 0.25) is 0 Å². The van der Waals surface area contributed by atoms with Gasteiger partial charge in [-0.15, -0.1) is 0 Å². The molecule has 142 valence electrons. The smallest absolute Gasteiger partial charge is 0.385 e. The summed E-state index contributed by atoms with van der Waals surface area (Å²) in [6, 6.07) is 9.73. The van der Waals surface area contributed by atoms with Gasteiger partial charge in [-0.3, -0.25) is 5.10 Å². The number of anilines is 1.